The van der Waals surface area contributed by atoms with Gasteiger partial charge in [0.25, 0.3) is 5.91 Å². The Labute approximate surface area is 169 Å². The van der Waals surface area contributed by atoms with Crippen molar-refractivity contribution >= 4 is 23.4 Å². The molecule has 1 aromatic heterocycles. The van der Waals surface area contributed by atoms with Crippen LogP contribution in [0.1, 0.15) is 39.2 Å². The van der Waals surface area contributed by atoms with Gasteiger partial charge in [-0.15, -0.1) is 0 Å². The minimum Gasteiger partial charge on any atom is -0.462 e. The van der Waals surface area contributed by atoms with E-state index in [4.69, 9.17) is 4.74 Å². The standard InChI is InChI=1S/C22H22N4O3/c1-3-29-22(28)17-11-7-8-12-18(17)26-21(27)19-13-20(25-15(2)24-19)23-14-16-9-5-4-6-10-16/h4-13H,3,14H2,1-2H3,(H,26,27)(H,23,24,25). The highest BCUT2D eigenvalue weighted by Crippen LogP contribution is 2.18. The molecule has 0 unspecified atom stereocenters. The zero-order valence-corrected chi connectivity index (χ0v) is 16.3. The van der Waals surface area contributed by atoms with Crippen LogP contribution in [0.15, 0.2) is 60.7 Å². The summed E-state index contributed by atoms with van der Waals surface area (Å²) in [5.74, 6) is 0.0829. The van der Waals surface area contributed by atoms with Gasteiger partial charge >= 0.3 is 5.97 Å². The van der Waals surface area contributed by atoms with E-state index < -0.39 is 11.9 Å². The number of amides is 1. The average molecular weight is 390 g/mol. The van der Waals surface area contributed by atoms with Gasteiger partial charge in [0.15, 0.2) is 0 Å². The van der Waals surface area contributed by atoms with E-state index in [9.17, 15) is 9.59 Å². The molecule has 0 bridgehead atoms. The third-order valence-electron chi connectivity index (χ3n) is 4.06. The van der Waals surface area contributed by atoms with Gasteiger partial charge in [-0.1, -0.05) is 42.5 Å². The molecule has 0 aliphatic rings. The summed E-state index contributed by atoms with van der Waals surface area (Å²) in [6.07, 6.45) is 0. The van der Waals surface area contributed by atoms with E-state index >= 15 is 0 Å². The molecule has 3 aromatic rings. The molecule has 0 fully saturated rings. The van der Waals surface area contributed by atoms with Crippen molar-refractivity contribution in [3.05, 3.63) is 83.3 Å². The number of esters is 1. The van der Waals surface area contributed by atoms with E-state index in [1.54, 1.807) is 44.2 Å². The van der Waals surface area contributed by atoms with Crippen molar-refractivity contribution in [3.63, 3.8) is 0 Å². The maximum absolute atomic E-state index is 12.7. The number of anilines is 2. The molecule has 0 radical (unpaired) electrons. The first-order valence-electron chi connectivity index (χ1n) is 9.28. The zero-order chi connectivity index (χ0) is 20.6. The summed E-state index contributed by atoms with van der Waals surface area (Å²) in [5, 5.41) is 5.94. The quantitative estimate of drug-likeness (QED) is 0.596. The van der Waals surface area contributed by atoms with Crippen molar-refractivity contribution < 1.29 is 14.3 Å². The van der Waals surface area contributed by atoms with Crippen LogP contribution in [0.3, 0.4) is 0 Å². The van der Waals surface area contributed by atoms with Crippen LogP contribution in [0.25, 0.3) is 0 Å². The summed E-state index contributed by atoms with van der Waals surface area (Å²) in [6, 6.07) is 18.1. The number of hydrogen-bond donors (Lipinski definition) is 2. The summed E-state index contributed by atoms with van der Waals surface area (Å²) in [4.78, 5) is 33.4. The maximum Gasteiger partial charge on any atom is 0.340 e. The highest BCUT2D eigenvalue weighted by molar-refractivity contribution is 6.07. The summed E-state index contributed by atoms with van der Waals surface area (Å²) in [6.45, 7) is 4.27. The molecular formula is C22H22N4O3. The number of carbonyl (C=O) groups is 2. The monoisotopic (exact) mass is 390 g/mol. The molecule has 0 saturated carbocycles. The number of hydrogen-bond acceptors (Lipinski definition) is 6. The number of rotatable bonds is 7. The normalized spacial score (nSPS) is 10.3. The Bertz CT molecular complexity index is 1010. The Morgan fingerprint density at radius 3 is 2.48 bits per heavy atom. The molecular weight excluding hydrogens is 368 g/mol. The number of benzene rings is 2. The summed E-state index contributed by atoms with van der Waals surface area (Å²) >= 11 is 0. The van der Waals surface area contributed by atoms with Gasteiger partial charge in [-0.05, 0) is 31.5 Å². The lowest BCUT2D eigenvalue weighted by Gasteiger charge is -2.11. The van der Waals surface area contributed by atoms with Crippen molar-refractivity contribution in [2.75, 3.05) is 17.2 Å². The lowest BCUT2D eigenvalue weighted by Crippen LogP contribution is -2.18. The van der Waals surface area contributed by atoms with Crippen molar-refractivity contribution in [1.29, 1.82) is 0 Å². The highest BCUT2D eigenvalue weighted by Gasteiger charge is 2.16. The lowest BCUT2D eigenvalue weighted by molar-refractivity contribution is 0.0527. The van der Waals surface area contributed by atoms with E-state index in [0.717, 1.165) is 5.56 Å². The first kappa shape index (κ1) is 20.0. The van der Waals surface area contributed by atoms with Crippen LogP contribution in [-0.2, 0) is 11.3 Å². The number of nitrogens with zero attached hydrogens (tertiary/aromatic N) is 2. The van der Waals surface area contributed by atoms with Crippen LogP contribution in [-0.4, -0.2) is 28.5 Å². The van der Waals surface area contributed by atoms with Gasteiger partial charge in [0.05, 0.1) is 17.9 Å². The fraction of sp³-hybridized carbons (Fsp3) is 0.182. The van der Waals surface area contributed by atoms with Gasteiger partial charge in [-0.2, -0.15) is 0 Å². The number of nitrogens with one attached hydrogen (secondary N) is 2. The summed E-state index contributed by atoms with van der Waals surface area (Å²) in [7, 11) is 0. The second kappa shape index (κ2) is 9.45. The summed E-state index contributed by atoms with van der Waals surface area (Å²) in [5.41, 5.74) is 1.95. The fourth-order valence-electron chi connectivity index (χ4n) is 2.73. The van der Waals surface area contributed by atoms with Crippen molar-refractivity contribution in [2.45, 2.75) is 20.4 Å². The molecule has 3 rings (SSSR count). The van der Waals surface area contributed by atoms with Crippen LogP contribution in [0, 0.1) is 6.92 Å². The molecule has 0 spiro atoms. The number of aryl methyl sites for hydroxylation is 1. The number of aromatic nitrogens is 2. The molecule has 0 aliphatic carbocycles. The predicted molar refractivity (Wildman–Crippen MR) is 111 cm³/mol. The van der Waals surface area contributed by atoms with E-state index in [0.29, 0.717) is 23.9 Å². The minimum atomic E-state index is -0.493. The largest absolute Gasteiger partial charge is 0.462 e. The Kier molecular flexibility index (Phi) is 6.52. The smallest absolute Gasteiger partial charge is 0.340 e. The van der Waals surface area contributed by atoms with Gasteiger partial charge in [-0.3, -0.25) is 4.79 Å². The van der Waals surface area contributed by atoms with Crippen LogP contribution in [0.4, 0.5) is 11.5 Å². The molecule has 7 nitrogen and oxygen atoms in total. The molecule has 0 atom stereocenters. The fourth-order valence-corrected chi connectivity index (χ4v) is 2.73. The molecule has 29 heavy (non-hydrogen) atoms. The van der Waals surface area contributed by atoms with Gasteiger partial charge < -0.3 is 15.4 Å². The first-order chi connectivity index (χ1) is 14.1. The molecule has 2 aromatic carbocycles. The molecule has 1 amide bonds. The predicted octanol–water partition coefficient (Wildman–Crippen LogP) is 3.83. The van der Waals surface area contributed by atoms with Crippen LogP contribution >= 0.6 is 0 Å². The lowest BCUT2D eigenvalue weighted by atomic mass is 10.1. The number of carbonyl (C=O) groups excluding carboxylic acids is 2. The van der Waals surface area contributed by atoms with Gasteiger partial charge in [0, 0.05) is 12.6 Å². The van der Waals surface area contributed by atoms with Crippen molar-refractivity contribution in [2.24, 2.45) is 0 Å². The van der Waals surface area contributed by atoms with Crippen LogP contribution in [0.2, 0.25) is 0 Å². The summed E-state index contributed by atoms with van der Waals surface area (Å²) < 4.78 is 5.04. The van der Waals surface area contributed by atoms with E-state index in [1.165, 1.54) is 0 Å². The molecule has 2 N–H and O–H groups in total. The Morgan fingerprint density at radius 1 is 1.00 bits per heavy atom. The zero-order valence-electron chi connectivity index (χ0n) is 16.3. The van der Waals surface area contributed by atoms with Gasteiger partial charge in [0.2, 0.25) is 0 Å². The van der Waals surface area contributed by atoms with Crippen molar-refractivity contribution in [1.82, 2.24) is 9.97 Å². The third-order valence-corrected chi connectivity index (χ3v) is 4.06. The Morgan fingerprint density at radius 2 is 1.72 bits per heavy atom. The SMILES string of the molecule is CCOC(=O)c1ccccc1NC(=O)c1cc(NCc2ccccc2)nc(C)n1. The highest BCUT2D eigenvalue weighted by atomic mass is 16.5. The molecule has 7 heteroatoms. The van der Waals surface area contributed by atoms with E-state index in [-0.39, 0.29) is 17.9 Å². The molecule has 0 aliphatic heterocycles. The van der Waals surface area contributed by atoms with E-state index in [1.807, 2.05) is 30.3 Å². The maximum atomic E-state index is 12.7. The number of para-hydroxylation sites is 1. The second-order valence-corrected chi connectivity index (χ2v) is 6.24. The minimum absolute atomic E-state index is 0.201. The Hall–Kier alpha value is -3.74. The second-order valence-electron chi connectivity index (χ2n) is 6.24. The molecule has 148 valence electrons. The Balaban J connectivity index is 1.76. The number of ether oxygens (including phenoxy) is 1. The van der Waals surface area contributed by atoms with E-state index in [2.05, 4.69) is 20.6 Å². The average Bonchev–Trinajstić information content (AvgIpc) is 2.73. The van der Waals surface area contributed by atoms with Crippen molar-refractivity contribution in [3.8, 4) is 0 Å². The van der Waals surface area contributed by atoms with Crippen LogP contribution in [0.5, 0.6) is 0 Å². The topological polar surface area (TPSA) is 93.2 Å². The van der Waals surface area contributed by atoms with Gasteiger partial charge in [0.1, 0.15) is 17.3 Å². The molecule has 1 heterocycles. The van der Waals surface area contributed by atoms with Crippen LogP contribution < -0.4 is 10.6 Å². The molecule has 0 saturated heterocycles. The first-order valence-corrected chi connectivity index (χ1v) is 9.28. The van der Waals surface area contributed by atoms with Gasteiger partial charge in [-0.25, -0.2) is 14.8 Å². The third kappa shape index (κ3) is 5.38.